The van der Waals surface area contributed by atoms with E-state index in [1.54, 1.807) is 17.8 Å². The first-order valence-electron chi connectivity index (χ1n) is 15.1. The van der Waals surface area contributed by atoms with Crippen molar-refractivity contribution in [1.29, 1.82) is 0 Å². The zero-order valence-electron chi connectivity index (χ0n) is 24.4. The zero-order chi connectivity index (χ0) is 30.5. The number of nitrogens with two attached hydrogens (primary N) is 1. The SMILES string of the molecule is CCN1CCN(CC2CSc3c(\C=c4/nc(N)s/c4=C(F)/C=C/F)c(Cl)cc4c(N5CC6CCC(C5)N6)nc(=O)n2c34)CC1. The van der Waals surface area contributed by atoms with Crippen molar-refractivity contribution in [3.05, 3.63) is 49.4 Å². The molecular weight excluding hydrogens is 626 g/mol. The summed E-state index contributed by atoms with van der Waals surface area (Å²) in [6.07, 6.45) is 4.80. The molecule has 0 radical (unpaired) electrons. The summed E-state index contributed by atoms with van der Waals surface area (Å²) >= 11 is 9.61. The van der Waals surface area contributed by atoms with Crippen LogP contribution >= 0.6 is 34.7 Å². The Hall–Kier alpha value is -2.55. The lowest BCUT2D eigenvalue weighted by molar-refractivity contribution is 0.125. The molecule has 0 amide bonds. The van der Waals surface area contributed by atoms with Crippen molar-refractivity contribution < 1.29 is 8.78 Å². The van der Waals surface area contributed by atoms with E-state index >= 15 is 0 Å². The quantitative estimate of drug-likeness (QED) is 0.414. The lowest BCUT2D eigenvalue weighted by Crippen LogP contribution is -2.52. The molecule has 3 fully saturated rings. The van der Waals surface area contributed by atoms with Crippen molar-refractivity contribution in [2.75, 3.05) is 68.7 Å². The van der Waals surface area contributed by atoms with E-state index in [0.717, 1.165) is 98.4 Å². The average Bonchev–Trinajstić information content (AvgIpc) is 3.56. The van der Waals surface area contributed by atoms with Crippen LogP contribution in [0.3, 0.4) is 0 Å². The molecule has 4 aliphatic heterocycles. The van der Waals surface area contributed by atoms with Crippen LogP contribution in [-0.2, 0) is 0 Å². The van der Waals surface area contributed by atoms with Gasteiger partial charge in [0.1, 0.15) is 11.6 Å². The van der Waals surface area contributed by atoms with E-state index in [2.05, 4.69) is 31.9 Å². The van der Waals surface area contributed by atoms with Gasteiger partial charge in [-0.05, 0) is 31.5 Å². The fourth-order valence-corrected chi connectivity index (χ4v) is 9.36. The van der Waals surface area contributed by atoms with Gasteiger partial charge in [-0.2, -0.15) is 4.98 Å². The fraction of sp³-hybridized carbons (Fsp3) is 0.500. The average molecular weight is 661 g/mol. The molecule has 0 spiro atoms. The van der Waals surface area contributed by atoms with Gasteiger partial charge in [-0.1, -0.05) is 29.9 Å². The number of fused-ring (bicyclic) bond motifs is 2. The number of piperazine rings is 2. The standard InChI is InChI=1S/C30H35ClF2N8OS2/c1-2-38-7-9-39(10-8-38)15-19-16-43-26-20(12-24-27(23(33)5-6-32)44-29(34)36-24)22(31)11-21-25(26)41(19)30(42)37-28(21)40-13-17-3-4-18(14-40)35-17/h5-6,11-12,17-19,35H,2-4,7-10,13-16H2,1H3,(H2,34,36)/b6-5+,24-12-,27-23-. The number of likely N-dealkylation sites (N-methyl/N-ethyl adjacent to an activating group) is 1. The molecule has 2 aromatic heterocycles. The summed E-state index contributed by atoms with van der Waals surface area (Å²) in [5, 5.41) is 5.36. The first-order chi connectivity index (χ1) is 21.3. The molecule has 14 heteroatoms. The van der Waals surface area contributed by atoms with Crippen LogP contribution in [0.5, 0.6) is 0 Å². The van der Waals surface area contributed by atoms with E-state index in [1.165, 1.54) is 0 Å². The summed E-state index contributed by atoms with van der Waals surface area (Å²) < 4.78 is 29.6. The van der Waals surface area contributed by atoms with E-state index in [0.29, 0.717) is 34.2 Å². The number of nitrogens with zero attached hydrogens (tertiary/aromatic N) is 6. The van der Waals surface area contributed by atoms with Gasteiger partial charge in [-0.25, -0.2) is 18.6 Å². The van der Waals surface area contributed by atoms with Crippen LogP contribution in [0.1, 0.15) is 31.4 Å². The van der Waals surface area contributed by atoms with E-state index in [4.69, 9.17) is 22.3 Å². The van der Waals surface area contributed by atoms with Crippen molar-refractivity contribution in [3.8, 4) is 0 Å². The summed E-state index contributed by atoms with van der Waals surface area (Å²) in [5.74, 6) is 0.553. The number of allylic oxidation sites excluding steroid dienone is 1. The first-order valence-corrected chi connectivity index (χ1v) is 17.3. The van der Waals surface area contributed by atoms with Crippen LogP contribution in [0.2, 0.25) is 5.02 Å². The molecule has 6 heterocycles. The third-order valence-electron chi connectivity index (χ3n) is 9.19. The van der Waals surface area contributed by atoms with Crippen LogP contribution < -0.4 is 31.5 Å². The molecule has 1 aromatic carbocycles. The van der Waals surface area contributed by atoms with Gasteiger partial charge < -0.3 is 20.9 Å². The number of thioether (sulfide) groups is 1. The van der Waals surface area contributed by atoms with E-state index in [9.17, 15) is 13.6 Å². The molecule has 0 aliphatic carbocycles. The summed E-state index contributed by atoms with van der Waals surface area (Å²) in [6.45, 7) is 9.47. The fourth-order valence-electron chi connectivity index (χ4n) is 7.03. The van der Waals surface area contributed by atoms with E-state index in [1.807, 2.05) is 10.6 Å². The number of rotatable bonds is 6. The largest absolute Gasteiger partial charge is 0.375 e. The summed E-state index contributed by atoms with van der Waals surface area (Å²) in [5.41, 5.74) is 7.12. The van der Waals surface area contributed by atoms with Crippen LogP contribution in [0.4, 0.5) is 19.7 Å². The highest BCUT2D eigenvalue weighted by molar-refractivity contribution is 7.99. The Morgan fingerprint density at radius 3 is 2.61 bits per heavy atom. The summed E-state index contributed by atoms with van der Waals surface area (Å²) in [6, 6.07) is 2.54. The molecular formula is C30H35ClF2N8OS2. The Bertz CT molecular complexity index is 1790. The van der Waals surface area contributed by atoms with E-state index in [-0.39, 0.29) is 33.1 Å². The second-order valence-corrected chi connectivity index (χ2v) is 14.3. The van der Waals surface area contributed by atoms with Crippen LogP contribution in [0.25, 0.3) is 22.8 Å². The molecule has 7 rings (SSSR count). The monoisotopic (exact) mass is 660 g/mol. The molecule has 3 N–H and O–H groups in total. The number of halogens is 3. The van der Waals surface area contributed by atoms with Crippen molar-refractivity contribution in [2.45, 2.75) is 42.8 Å². The minimum Gasteiger partial charge on any atom is -0.375 e. The third kappa shape index (κ3) is 5.56. The predicted molar refractivity (Wildman–Crippen MR) is 176 cm³/mol. The number of benzene rings is 1. The van der Waals surface area contributed by atoms with Crippen molar-refractivity contribution in [2.24, 2.45) is 0 Å². The van der Waals surface area contributed by atoms with Gasteiger partial charge in [0, 0.05) is 90.6 Å². The molecule has 3 saturated heterocycles. The number of nitrogens with one attached hydrogen (secondary N) is 1. The lowest BCUT2D eigenvalue weighted by atomic mass is 10.1. The minimum atomic E-state index is -0.772. The van der Waals surface area contributed by atoms with Crippen LogP contribution in [0.15, 0.2) is 28.2 Å². The maximum atomic E-state index is 14.8. The number of hydrogen-bond donors (Lipinski definition) is 2. The van der Waals surface area contributed by atoms with Gasteiger partial charge in [0.05, 0.1) is 27.8 Å². The second-order valence-electron chi connectivity index (χ2n) is 11.9. The smallest absolute Gasteiger partial charge is 0.350 e. The summed E-state index contributed by atoms with van der Waals surface area (Å²) in [7, 11) is 0. The van der Waals surface area contributed by atoms with Crippen LogP contribution in [-0.4, -0.2) is 94.5 Å². The second kappa shape index (κ2) is 12.3. The number of hydrogen-bond acceptors (Lipinski definition) is 10. The highest BCUT2D eigenvalue weighted by Gasteiger charge is 2.36. The molecule has 234 valence electrons. The Labute approximate surface area is 267 Å². The predicted octanol–water partition coefficient (Wildman–Crippen LogP) is 2.70. The van der Waals surface area contributed by atoms with E-state index < -0.39 is 5.83 Å². The van der Waals surface area contributed by atoms with Gasteiger partial charge in [0.25, 0.3) is 0 Å². The molecule has 3 aromatic rings. The first kappa shape index (κ1) is 30.1. The van der Waals surface area contributed by atoms with Crippen molar-refractivity contribution >= 4 is 68.5 Å². The van der Waals surface area contributed by atoms with Gasteiger partial charge in [0.15, 0.2) is 5.13 Å². The lowest BCUT2D eigenvalue weighted by Gasteiger charge is -2.38. The zero-order valence-corrected chi connectivity index (χ0v) is 26.8. The van der Waals surface area contributed by atoms with Crippen molar-refractivity contribution in [3.63, 3.8) is 0 Å². The molecule has 4 aliphatic rings. The van der Waals surface area contributed by atoms with Gasteiger partial charge >= 0.3 is 5.69 Å². The highest BCUT2D eigenvalue weighted by Crippen LogP contribution is 2.44. The van der Waals surface area contributed by atoms with Gasteiger partial charge in [-0.15, -0.1) is 11.8 Å². The number of nitrogen functional groups attached to an aromatic ring is 1. The Morgan fingerprint density at radius 1 is 1.18 bits per heavy atom. The third-order valence-corrected chi connectivity index (χ3v) is 11.7. The number of anilines is 2. The summed E-state index contributed by atoms with van der Waals surface area (Å²) in [4.78, 5) is 31.0. The molecule has 2 bridgehead atoms. The topological polar surface area (TPSA) is 95.6 Å². The molecule has 0 saturated carbocycles. The number of aromatic nitrogens is 3. The van der Waals surface area contributed by atoms with Crippen LogP contribution in [0, 0.1) is 0 Å². The Kier molecular flexibility index (Phi) is 8.44. The van der Waals surface area contributed by atoms with Gasteiger partial charge in [0.2, 0.25) is 0 Å². The molecule has 3 atom stereocenters. The molecule has 44 heavy (non-hydrogen) atoms. The van der Waals surface area contributed by atoms with Gasteiger partial charge in [-0.3, -0.25) is 9.47 Å². The maximum absolute atomic E-state index is 14.8. The Balaban J connectivity index is 1.40. The minimum absolute atomic E-state index is 0.0728. The van der Waals surface area contributed by atoms with Crippen molar-refractivity contribution in [1.82, 2.24) is 29.7 Å². The number of thiazole rings is 1. The maximum Gasteiger partial charge on any atom is 0.350 e. The normalized spacial score (nSPS) is 25.5. The highest BCUT2D eigenvalue weighted by atomic mass is 35.5. The Morgan fingerprint density at radius 2 is 1.91 bits per heavy atom. The molecule has 3 unspecified atom stereocenters. The molecule has 9 nitrogen and oxygen atoms in total.